The Kier molecular flexibility index (Phi) is 5.59. The zero-order valence-electron chi connectivity index (χ0n) is 15.1. The van der Waals surface area contributed by atoms with Gasteiger partial charge in [0.15, 0.2) is 0 Å². The zero-order valence-corrected chi connectivity index (χ0v) is 16.1. The molecule has 0 spiro atoms. The van der Waals surface area contributed by atoms with Crippen molar-refractivity contribution in [1.82, 2.24) is 0 Å². The van der Waals surface area contributed by atoms with Crippen molar-refractivity contribution in [3.05, 3.63) is 0 Å². The summed E-state index contributed by atoms with van der Waals surface area (Å²) in [7, 11) is 1.73. The summed E-state index contributed by atoms with van der Waals surface area (Å²) < 4.78 is 12.6. The zero-order chi connectivity index (χ0) is 15.7. The predicted molar refractivity (Wildman–Crippen MR) is 91.7 cm³/mol. The van der Waals surface area contributed by atoms with Crippen molar-refractivity contribution in [2.45, 2.75) is 83.7 Å². The van der Waals surface area contributed by atoms with E-state index in [0.29, 0.717) is 16.5 Å². The second kappa shape index (κ2) is 6.72. The van der Waals surface area contributed by atoms with Gasteiger partial charge in [0.1, 0.15) is 0 Å². The van der Waals surface area contributed by atoms with Crippen molar-refractivity contribution >= 4 is 8.56 Å². The van der Waals surface area contributed by atoms with Crippen LogP contribution in [0.5, 0.6) is 0 Å². The molecule has 2 rings (SSSR count). The fourth-order valence-corrected chi connectivity index (χ4v) is 10.3. The summed E-state index contributed by atoms with van der Waals surface area (Å²) in [4.78, 5) is 0. The van der Waals surface area contributed by atoms with Crippen LogP contribution < -0.4 is 0 Å². The minimum atomic E-state index is -2.14. The Balaban J connectivity index is 2.26. The summed E-state index contributed by atoms with van der Waals surface area (Å²) in [6.45, 7) is 9.70. The highest BCUT2D eigenvalue weighted by atomic mass is 28.4. The molecule has 21 heavy (non-hydrogen) atoms. The molecule has 0 heterocycles. The van der Waals surface area contributed by atoms with E-state index in [1.165, 1.54) is 44.9 Å². The molecular formula is C18H36O2Si. The van der Waals surface area contributed by atoms with Gasteiger partial charge in [-0.25, -0.2) is 0 Å². The van der Waals surface area contributed by atoms with Gasteiger partial charge in [-0.15, -0.1) is 0 Å². The smallest absolute Gasteiger partial charge is 0.344 e. The first kappa shape index (κ1) is 17.5. The average molecular weight is 313 g/mol. The van der Waals surface area contributed by atoms with Crippen molar-refractivity contribution in [3.63, 3.8) is 0 Å². The number of hydrogen-bond acceptors (Lipinski definition) is 2. The Morgan fingerprint density at radius 2 is 1.67 bits per heavy atom. The van der Waals surface area contributed by atoms with Gasteiger partial charge in [-0.2, -0.15) is 0 Å². The second-order valence-electron chi connectivity index (χ2n) is 8.59. The molecule has 0 aliphatic heterocycles. The van der Waals surface area contributed by atoms with Crippen molar-refractivity contribution in [3.8, 4) is 0 Å². The highest BCUT2D eigenvalue weighted by Crippen LogP contribution is 2.54. The van der Waals surface area contributed by atoms with Crippen molar-refractivity contribution in [1.29, 1.82) is 0 Å². The van der Waals surface area contributed by atoms with Crippen LogP contribution in [0.4, 0.5) is 0 Å². The quantitative estimate of drug-likeness (QED) is 0.636. The standard InChI is InChI=1S/C18H36O2Si/c1-14-9-10-15(2)17(12-14)21(19-5,20-6)16-8-7-11-18(3,4)13-16/h14-17H,7-13H2,1-6H3. The summed E-state index contributed by atoms with van der Waals surface area (Å²) in [5, 5.41) is 0. The van der Waals surface area contributed by atoms with Gasteiger partial charge in [0.25, 0.3) is 0 Å². The van der Waals surface area contributed by atoms with E-state index in [1.807, 2.05) is 14.2 Å². The van der Waals surface area contributed by atoms with Gasteiger partial charge in [0.2, 0.25) is 0 Å². The Morgan fingerprint density at radius 1 is 1.00 bits per heavy atom. The third-order valence-corrected chi connectivity index (χ3v) is 11.1. The minimum Gasteiger partial charge on any atom is -0.397 e. The molecule has 2 fully saturated rings. The Hall–Kier alpha value is 0.137. The number of hydrogen-bond donors (Lipinski definition) is 0. The largest absolute Gasteiger partial charge is 0.397 e. The third-order valence-electron chi connectivity index (χ3n) is 6.39. The molecule has 4 atom stereocenters. The highest BCUT2D eigenvalue weighted by Gasteiger charge is 2.55. The van der Waals surface area contributed by atoms with Gasteiger partial charge in [0, 0.05) is 25.3 Å². The lowest BCUT2D eigenvalue weighted by molar-refractivity contribution is 0.144. The number of rotatable bonds is 4. The molecule has 124 valence electrons. The lowest BCUT2D eigenvalue weighted by Gasteiger charge is -2.49. The molecule has 0 radical (unpaired) electrons. The van der Waals surface area contributed by atoms with E-state index < -0.39 is 8.56 Å². The van der Waals surface area contributed by atoms with Crippen LogP contribution in [0.1, 0.15) is 72.6 Å². The van der Waals surface area contributed by atoms with Crippen molar-refractivity contribution in [2.75, 3.05) is 14.2 Å². The van der Waals surface area contributed by atoms with Gasteiger partial charge in [0.05, 0.1) is 0 Å². The first-order valence-electron chi connectivity index (χ1n) is 8.95. The van der Waals surface area contributed by atoms with E-state index in [-0.39, 0.29) is 0 Å². The van der Waals surface area contributed by atoms with E-state index >= 15 is 0 Å². The van der Waals surface area contributed by atoms with E-state index in [0.717, 1.165) is 11.8 Å². The second-order valence-corrected chi connectivity index (χ2v) is 12.4. The third kappa shape index (κ3) is 3.56. The maximum absolute atomic E-state index is 6.29. The predicted octanol–water partition coefficient (Wildman–Crippen LogP) is 5.52. The van der Waals surface area contributed by atoms with Crippen LogP contribution in [0.15, 0.2) is 0 Å². The van der Waals surface area contributed by atoms with Crippen molar-refractivity contribution < 1.29 is 8.85 Å². The van der Waals surface area contributed by atoms with Crippen LogP contribution in [0.3, 0.4) is 0 Å². The maximum Gasteiger partial charge on any atom is 0.344 e. The Bertz CT molecular complexity index is 338. The first-order valence-corrected chi connectivity index (χ1v) is 10.9. The normalized spacial score (nSPS) is 37.4. The van der Waals surface area contributed by atoms with Crippen molar-refractivity contribution in [2.24, 2.45) is 17.3 Å². The van der Waals surface area contributed by atoms with Crippen LogP contribution in [0, 0.1) is 17.3 Å². The Morgan fingerprint density at radius 3 is 2.24 bits per heavy atom. The van der Waals surface area contributed by atoms with Gasteiger partial charge >= 0.3 is 8.56 Å². The monoisotopic (exact) mass is 312 g/mol. The lowest BCUT2D eigenvalue weighted by atomic mass is 9.77. The molecule has 0 aromatic heterocycles. The molecule has 3 heteroatoms. The summed E-state index contributed by atoms with van der Waals surface area (Å²) in [6, 6.07) is 0. The van der Waals surface area contributed by atoms with Crippen LogP contribution in [-0.2, 0) is 8.85 Å². The highest BCUT2D eigenvalue weighted by molar-refractivity contribution is 6.70. The molecule has 2 nitrogen and oxygen atoms in total. The van der Waals surface area contributed by atoms with Crippen LogP contribution in [0.25, 0.3) is 0 Å². The molecule has 0 aromatic rings. The van der Waals surface area contributed by atoms with E-state index in [4.69, 9.17) is 8.85 Å². The minimum absolute atomic E-state index is 0.460. The molecule has 0 aromatic carbocycles. The lowest BCUT2D eigenvalue weighted by Crippen LogP contribution is -2.54. The van der Waals surface area contributed by atoms with Gasteiger partial charge in [-0.3, -0.25) is 0 Å². The van der Waals surface area contributed by atoms with Gasteiger partial charge in [-0.05, 0) is 42.9 Å². The molecule has 2 aliphatic carbocycles. The van der Waals surface area contributed by atoms with Crippen LogP contribution in [-0.4, -0.2) is 22.8 Å². The fourth-order valence-electron chi connectivity index (χ4n) is 5.16. The fraction of sp³-hybridized carbons (Fsp3) is 1.00. The van der Waals surface area contributed by atoms with E-state index in [1.54, 1.807) is 0 Å². The molecule has 0 bridgehead atoms. The average Bonchev–Trinajstić information content (AvgIpc) is 2.43. The Labute approximate surface area is 133 Å². The van der Waals surface area contributed by atoms with Crippen LogP contribution >= 0.6 is 0 Å². The van der Waals surface area contributed by atoms with Gasteiger partial charge in [-0.1, -0.05) is 47.0 Å². The molecule has 2 saturated carbocycles. The maximum atomic E-state index is 6.29. The summed E-state index contributed by atoms with van der Waals surface area (Å²) in [6.07, 6.45) is 9.35. The summed E-state index contributed by atoms with van der Waals surface area (Å²) in [5.74, 6) is 1.60. The molecule has 0 amide bonds. The summed E-state index contributed by atoms with van der Waals surface area (Å²) >= 11 is 0. The SMILES string of the molecule is CO[Si](OC)(C1CCCC(C)(C)C1)C1CC(C)CCC1C. The van der Waals surface area contributed by atoms with Crippen LogP contribution in [0.2, 0.25) is 11.1 Å². The topological polar surface area (TPSA) is 18.5 Å². The molecule has 0 saturated heterocycles. The summed E-state index contributed by atoms with van der Waals surface area (Å²) in [5.41, 5.74) is 1.81. The molecular weight excluding hydrogens is 276 g/mol. The van der Waals surface area contributed by atoms with Gasteiger partial charge < -0.3 is 8.85 Å². The molecule has 4 unspecified atom stereocenters. The first-order chi connectivity index (χ1) is 9.84. The molecule has 0 N–H and O–H groups in total. The molecule has 2 aliphatic rings. The van der Waals surface area contributed by atoms with E-state index in [2.05, 4.69) is 27.7 Å². The van der Waals surface area contributed by atoms with E-state index in [9.17, 15) is 0 Å².